The summed E-state index contributed by atoms with van der Waals surface area (Å²) in [5, 5.41) is 6.20. The van der Waals surface area contributed by atoms with Crippen LogP contribution in [-0.2, 0) is 0 Å². The Morgan fingerprint density at radius 1 is 1.46 bits per heavy atom. The van der Waals surface area contributed by atoms with Crippen LogP contribution in [0.3, 0.4) is 0 Å². The zero-order chi connectivity index (χ0) is 9.26. The minimum absolute atomic E-state index is 0.117. The molecule has 2 saturated heterocycles. The SMILES string of the molecule is CC1CNC(=O)N(C2CCNC2)C1. The molecule has 2 atom stereocenters. The van der Waals surface area contributed by atoms with E-state index < -0.39 is 0 Å². The number of urea groups is 1. The molecule has 2 heterocycles. The van der Waals surface area contributed by atoms with E-state index in [9.17, 15) is 4.79 Å². The number of amides is 2. The van der Waals surface area contributed by atoms with Crippen molar-refractivity contribution in [3.63, 3.8) is 0 Å². The highest BCUT2D eigenvalue weighted by Gasteiger charge is 2.30. The summed E-state index contributed by atoms with van der Waals surface area (Å²) in [7, 11) is 0. The highest BCUT2D eigenvalue weighted by molar-refractivity contribution is 5.75. The first-order valence-electron chi connectivity index (χ1n) is 5.02. The van der Waals surface area contributed by atoms with Gasteiger partial charge in [0.1, 0.15) is 0 Å². The summed E-state index contributed by atoms with van der Waals surface area (Å²) in [6.45, 7) is 5.92. The molecule has 13 heavy (non-hydrogen) atoms. The molecule has 2 amide bonds. The van der Waals surface area contributed by atoms with Crippen LogP contribution in [0, 0.1) is 5.92 Å². The highest BCUT2D eigenvalue weighted by atomic mass is 16.2. The summed E-state index contributed by atoms with van der Waals surface area (Å²) in [6.07, 6.45) is 1.10. The van der Waals surface area contributed by atoms with Crippen molar-refractivity contribution < 1.29 is 4.79 Å². The minimum atomic E-state index is 0.117. The molecule has 0 saturated carbocycles. The van der Waals surface area contributed by atoms with Crippen LogP contribution in [0.5, 0.6) is 0 Å². The first-order valence-corrected chi connectivity index (χ1v) is 5.02. The van der Waals surface area contributed by atoms with Crippen LogP contribution in [0.1, 0.15) is 13.3 Å². The first kappa shape index (κ1) is 8.81. The number of carbonyl (C=O) groups excluding carboxylic acids is 1. The minimum Gasteiger partial charge on any atom is -0.338 e. The molecule has 2 aliphatic rings. The molecule has 0 aromatic carbocycles. The van der Waals surface area contributed by atoms with E-state index in [1.807, 2.05) is 4.90 Å². The monoisotopic (exact) mass is 183 g/mol. The predicted molar refractivity (Wildman–Crippen MR) is 50.5 cm³/mol. The fourth-order valence-electron chi connectivity index (χ4n) is 2.07. The van der Waals surface area contributed by atoms with Crippen LogP contribution in [0.15, 0.2) is 0 Å². The van der Waals surface area contributed by atoms with E-state index in [0.29, 0.717) is 12.0 Å². The maximum atomic E-state index is 11.5. The van der Waals surface area contributed by atoms with Crippen molar-refractivity contribution in [2.75, 3.05) is 26.2 Å². The summed E-state index contributed by atoms with van der Waals surface area (Å²) in [5.41, 5.74) is 0. The number of carbonyl (C=O) groups is 1. The summed E-state index contributed by atoms with van der Waals surface area (Å²) in [5.74, 6) is 0.582. The molecule has 4 heteroatoms. The molecule has 2 N–H and O–H groups in total. The van der Waals surface area contributed by atoms with Gasteiger partial charge in [0, 0.05) is 25.7 Å². The molecular formula is C9H17N3O. The number of hydrogen-bond acceptors (Lipinski definition) is 2. The van der Waals surface area contributed by atoms with Gasteiger partial charge in [-0.15, -0.1) is 0 Å². The second-order valence-electron chi connectivity index (χ2n) is 4.09. The number of nitrogens with zero attached hydrogens (tertiary/aromatic N) is 1. The van der Waals surface area contributed by atoms with Gasteiger partial charge in [0.25, 0.3) is 0 Å². The molecule has 0 aliphatic carbocycles. The molecule has 74 valence electrons. The van der Waals surface area contributed by atoms with Gasteiger partial charge in [-0.25, -0.2) is 4.79 Å². The largest absolute Gasteiger partial charge is 0.338 e. The van der Waals surface area contributed by atoms with E-state index in [4.69, 9.17) is 0 Å². The summed E-state index contributed by atoms with van der Waals surface area (Å²) in [6, 6.07) is 0.537. The lowest BCUT2D eigenvalue weighted by Crippen LogP contribution is -2.54. The fraction of sp³-hybridized carbons (Fsp3) is 0.889. The average molecular weight is 183 g/mol. The maximum Gasteiger partial charge on any atom is 0.317 e. The van der Waals surface area contributed by atoms with Gasteiger partial charge in [-0.05, 0) is 18.9 Å². The lowest BCUT2D eigenvalue weighted by molar-refractivity contribution is 0.149. The van der Waals surface area contributed by atoms with E-state index in [-0.39, 0.29) is 6.03 Å². The van der Waals surface area contributed by atoms with Gasteiger partial charge in [-0.2, -0.15) is 0 Å². The van der Waals surface area contributed by atoms with E-state index in [1.54, 1.807) is 0 Å². The molecule has 2 aliphatic heterocycles. The summed E-state index contributed by atoms with van der Waals surface area (Å²) < 4.78 is 0. The van der Waals surface area contributed by atoms with Crippen molar-refractivity contribution in [2.45, 2.75) is 19.4 Å². The zero-order valence-corrected chi connectivity index (χ0v) is 8.05. The van der Waals surface area contributed by atoms with Gasteiger partial charge < -0.3 is 15.5 Å². The van der Waals surface area contributed by atoms with E-state index >= 15 is 0 Å². The van der Waals surface area contributed by atoms with Gasteiger partial charge in [-0.3, -0.25) is 0 Å². The van der Waals surface area contributed by atoms with Crippen molar-refractivity contribution in [2.24, 2.45) is 5.92 Å². The van der Waals surface area contributed by atoms with Crippen molar-refractivity contribution >= 4 is 6.03 Å². The molecule has 2 unspecified atom stereocenters. The third-order valence-electron chi connectivity index (χ3n) is 2.85. The molecule has 0 spiro atoms. The van der Waals surface area contributed by atoms with Crippen molar-refractivity contribution in [1.82, 2.24) is 15.5 Å². The first-order chi connectivity index (χ1) is 6.27. The van der Waals surface area contributed by atoms with Crippen molar-refractivity contribution in [1.29, 1.82) is 0 Å². The van der Waals surface area contributed by atoms with Crippen LogP contribution in [0.2, 0.25) is 0 Å². The van der Waals surface area contributed by atoms with Gasteiger partial charge in [0.2, 0.25) is 0 Å². The molecule has 0 radical (unpaired) electrons. The molecule has 0 aromatic rings. The second-order valence-corrected chi connectivity index (χ2v) is 4.09. The van der Waals surface area contributed by atoms with Crippen LogP contribution >= 0.6 is 0 Å². The van der Waals surface area contributed by atoms with Gasteiger partial charge >= 0.3 is 6.03 Å². The molecule has 2 rings (SSSR count). The second kappa shape index (κ2) is 3.54. The topological polar surface area (TPSA) is 44.4 Å². The summed E-state index contributed by atoms with van der Waals surface area (Å²) >= 11 is 0. The van der Waals surface area contributed by atoms with Crippen LogP contribution < -0.4 is 10.6 Å². The van der Waals surface area contributed by atoms with Crippen LogP contribution in [0.4, 0.5) is 4.79 Å². The third kappa shape index (κ3) is 1.77. The molecule has 0 aromatic heterocycles. The standard InChI is InChI=1S/C9H17N3O/c1-7-4-11-9(13)12(6-7)8-2-3-10-5-8/h7-8,10H,2-6H2,1H3,(H,11,13). The van der Waals surface area contributed by atoms with E-state index in [1.165, 1.54) is 0 Å². The lowest BCUT2D eigenvalue weighted by atomic mass is 10.1. The molecular weight excluding hydrogens is 166 g/mol. The fourth-order valence-corrected chi connectivity index (χ4v) is 2.07. The Morgan fingerprint density at radius 2 is 2.31 bits per heavy atom. The lowest BCUT2D eigenvalue weighted by Gasteiger charge is -2.35. The Hall–Kier alpha value is -0.770. The quantitative estimate of drug-likeness (QED) is 0.601. The van der Waals surface area contributed by atoms with Gasteiger partial charge in [0.05, 0.1) is 0 Å². The zero-order valence-electron chi connectivity index (χ0n) is 8.05. The average Bonchev–Trinajstić information content (AvgIpc) is 2.61. The molecule has 4 nitrogen and oxygen atoms in total. The number of nitrogens with one attached hydrogen (secondary N) is 2. The Labute approximate surface area is 78.7 Å². The Morgan fingerprint density at radius 3 is 3.00 bits per heavy atom. The van der Waals surface area contributed by atoms with Gasteiger partial charge in [-0.1, -0.05) is 6.92 Å². The number of rotatable bonds is 1. The van der Waals surface area contributed by atoms with E-state index in [2.05, 4.69) is 17.6 Å². The number of hydrogen-bond donors (Lipinski definition) is 2. The third-order valence-corrected chi connectivity index (χ3v) is 2.85. The van der Waals surface area contributed by atoms with Crippen LogP contribution in [-0.4, -0.2) is 43.2 Å². The van der Waals surface area contributed by atoms with Crippen molar-refractivity contribution in [3.8, 4) is 0 Å². The van der Waals surface area contributed by atoms with Crippen molar-refractivity contribution in [3.05, 3.63) is 0 Å². The Kier molecular flexibility index (Phi) is 2.40. The summed E-state index contributed by atoms with van der Waals surface area (Å²) in [4.78, 5) is 13.5. The Bertz CT molecular complexity index is 201. The molecule has 2 fully saturated rings. The van der Waals surface area contributed by atoms with Gasteiger partial charge in [0.15, 0.2) is 0 Å². The smallest absolute Gasteiger partial charge is 0.317 e. The molecule has 0 bridgehead atoms. The normalized spacial score (nSPS) is 34.8. The predicted octanol–water partition coefficient (Wildman–Crippen LogP) is 0.00960. The maximum absolute atomic E-state index is 11.5. The Balaban J connectivity index is 1.98. The highest BCUT2D eigenvalue weighted by Crippen LogP contribution is 2.14. The van der Waals surface area contributed by atoms with E-state index in [0.717, 1.165) is 32.6 Å². The van der Waals surface area contributed by atoms with Crippen LogP contribution in [0.25, 0.3) is 0 Å².